The highest BCUT2D eigenvalue weighted by atomic mass is 16.1. The van der Waals surface area contributed by atoms with E-state index in [0.29, 0.717) is 6.54 Å². The minimum absolute atomic E-state index is 0.120. The maximum absolute atomic E-state index is 11.0. The molecule has 0 saturated heterocycles. The van der Waals surface area contributed by atoms with Gasteiger partial charge in [0.25, 0.3) is 0 Å². The number of amides is 1. The topological polar surface area (TPSA) is 60.9 Å². The van der Waals surface area contributed by atoms with Gasteiger partial charge in [0.2, 0.25) is 5.91 Å². The first kappa shape index (κ1) is 10.2. The zero-order valence-electron chi connectivity index (χ0n) is 9.07. The number of hydrogen-bond acceptors (Lipinski definition) is 2. The summed E-state index contributed by atoms with van der Waals surface area (Å²) in [5.74, 6) is -0.363. The van der Waals surface area contributed by atoms with Gasteiger partial charge in [-0.1, -0.05) is 6.92 Å². The molecule has 2 rings (SSSR count). The summed E-state index contributed by atoms with van der Waals surface area (Å²) in [7, 11) is 0. The van der Waals surface area contributed by atoms with E-state index >= 15 is 0 Å². The maximum Gasteiger partial charge on any atom is 0.222 e. The maximum atomic E-state index is 11.0. The van der Waals surface area contributed by atoms with Gasteiger partial charge in [-0.05, 0) is 25.7 Å². The molecular weight excluding hydrogens is 190 g/mol. The van der Waals surface area contributed by atoms with Gasteiger partial charge in [0.1, 0.15) is 0 Å². The fourth-order valence-electron chi connectivity index (χ4n) is 2.07. The Morgan fingerprint density at radius 2 is 2.33 bits per heavy atom. The van der Waals surface area contributed by atoms with Crippen LogP contribution in [0.4, 0.5) is 0 Å². The van der Waals surface area contributed by atoms with Crippen LogP contribution < -0.4 is 5.73 Å². The van der Waals surface area contributed by atoms with E-state index in [-0.39, 0.29) is 11.8 Å². The molecule has 0 spiro atoms. The molecule has 1 aliphatic carbocycles. The SMILES string of the molecule is CC(Cn1cnc2c1CCCC2)C(N)=O. The number of carbonyl (C=O) groups excluding carboxylic acids is 1. The molecule has 15 heavy (non-hydrogen) atoms. The first-order valence-electron chi connectivity index (χ1n) is 5.50. The van der Waals surface area contributed by atoms with Crippen LogP contribution in [0.15, 0.2) is 6.33 Å². The molecule has 82 valence electrons. The third-order valence-corrected chi connectivity index (χ3v) is 3.07. The molecule has 0 radical (unpaired) electrons. The number of imidazole rings is 1. The number of aromatic nitrogens is 2. The Morgan fingerprint density at radius 1 is 1.60 bits per heavy atom. The number of hydrogen-bond donors (Lipinski definition) is 1. The van der Waals surface area contributed by atoms with Crippen molar-refractivity contribution in [1.82, 2.24) is 9.55 Å². The van der Waals surface area contributed by atoms with E-state index in [2.05, 4.69) is 9.55 Å². The largest absolute Gasteiger partial charge is 0.369 e. The summed E-state index contributed by atoms with van der Waals surface area (Å²) >= 11 is 0. The molecule has 1 amide bonds. The minimum Gasteiger partial charge on any atom is -0.369 e. The standard InChI is InChI=1S/C11H17N3O/c1-8(11(12)15)6-14-7-13-9-4-2-3-5-10(9)14/h7-8H,2-6H2,1H3,(H2,12,15). The average Bonchev–Trinajstić information content (AvgIpc) is 2.62. The van der Waals surface area contributed by atoms with Crippen LogP contribution in [0.5, 0.6) is 0 Å². The normalized spacial score (nSPS) is 17.1. The second-order valence-corrected chi connectivity index (χ2v) is 4.30. The summed E-state index contributed by atoms with van der Waals surface area (Å²) in [5, 5.41) is 0. The van der Waals surface area contributed by atoms with Crippen molar-refractivity contribution in [3.05, 3.63) is 17.7 Å². The molecular formula is C11H17N3O. The van der Waals surface area contributed by atoms with Crippen molar-refractivity contribution in [1.29, 1.82) is 0 Å². The summed E-state index contributed by atoms with van der Waals surface area (Å²) in [4.78, 5) is 15.4. The third-order valence-electron chi connectivity index (χ3n) is 3.07. The van der Waals surface area contributed by atoms with E-state index in [1.807, 2.05) is 13.3 Å². The van der Waals surface area contributed by atoms with Crippen LogP contribution in [-0.2, 0) is 24.2 Å². The summed E-state index contributed by atoms with van der Waals surface area (Å²) in [5.41, 5.74) is 7.76. The van der Waals surface area contributed by atoms with Gasteiger partial charge in [0.05, 0.1) is 17.9 Å². The molecule has 0 bridgehead atoms. The Kier molecular flexibility index (Phi) is 2.75. The lowest BCUT2D eigenvalue weighted by molar-refractivity contribution is -0.121. The van der Waals surface area contributed by atoms with E-state index < -0.39 is 0 Å². The van der Waals surface area contributed by atoms with Gasteiger partial charge in [-0.2, -0.15) is 0 Å². The van der Waals surface area contributed by atoms with Crippen LogP contribution in [0.3, 0.4) is 0 Å². The van der Waals surface area contributed by atoms with Crippen LogP contribution >= 0.6 is 0 Å². The molecule has 1 unspecified atom stereocenters. The van der Waals surface area contributed by atoms with Crippen molar-refractivity contribution in [3.63, 3.8) is 0 Å². The fraction of sp³-hybridized carbons (Fsp3) is 0.636. The van der Waals surface area contributed by atoms with Gasteiger partial charge in [0.15, 0.2) is 0 Å². The monoisotopic (exact) mass is 207 g/mol. The second kappa shape index (κ2) is 4.04. The summed E-state index contributed by atoms with van der Waals surface area (Å²) in [6, 6.07) is 0. The number of aryl methyl sites for hydroxylation is 1. The van der Waals surface area contributed by atoms with Gasteiger partial charge >= 0.3 is 0 Å². The van der Waals surface area contributed by atoms with E-state index in [1.54, 1.807) is 0 Å². The molecule has 1 aliphatic rings. The summed E-state index contributed by atoms with van der Waals surface area (Å²) < 4.78 is 2.09. The highest BCUT2D eigenvalue weighted by Gasteiger charge is 2.17. The van der Waals surface area contributed by atoms with Crippen LogP contribution in [0.25, 0.3) is 0 Å². The second-order valence-electron chi connectivity index (χ2n) is 4.30. The molecule has 1 aromatic heterocycles. The Bertz CT molecular complexity index is 370. The Balaban J connectivity index is 2.15. The van der Waals surface area contributed by atoms with E-state index in [4.69, 9.17) is 5.73 Å². The molecule has 1 atom stereocenters. The molecule has 4 heteroatoms. The van der Waals surface area contributed by atoms with Crippen molar-refractivity contribution < 1.29 is 4.79 Å². The number of nitrogens with two attached hydrogens (primary N) is 1. The third kappa shape index (κ3) is 2.03. The van der Waals surface area contributed by atoms with Gasteiger partial charge in [0, 0.05) is 12.2 Å². The van der Waals surface area contributed by atoms with Crippen LogP contribution in [0.1, 0.15) is 31.2 Å². The van der Waals surface area contributed by atoms with Crippen molar-refractivity contribution in [2.45, 2.75) is 39.2 Å². The smallest absolute Gasteiger partial charge is 0.222 e. The predicted molar refractivity (Wildman–Crippen MR) is 57.2 cm³/mol. The molecule has 2 N–H and O–H groups in total. The highest BCUT2D eigenvalue weighted by Crippen LogP contribution is 2.20. The highest BCUT2D eigenvalue weighted by molar-refractivity contribution is 5.76. The number of primary amides is 1. The van der Waals surface area contributed by atoms with Crippen LogP contribution in [-0.4, -0.2) is 15.5 Å². The first-order chi connectivity index (χ1) is 7.18. The number of carbonyl (C=O) groups is 1. The molecule has 0 aliphatic heterocycles. The lowest BCUT2D eigenvalue weighted by atomic mass is 10.0. The van der Waals surface area contributed by atoms with E-state index in [9.17, 15) is 4.79 Å². The van der Waals surface area contributed by atoms with Gasteiger partial charge in [-0.15, -0.1) is 0 Å². The molecule has 1 heterocycles. The molecule has 0 fully saturated rings. The van der Waals surface area contributed by atoms with E-state index in [0.717, 1.165) is 12.8 Å². The summed E-state index contributed by atoms with van der Waals surface area (Å²) in [6.45, 7) is 2.52. The van der Waals surface area contributed by atoms with E-state index in [1.165, 1.54) is 24.2 Å². The van der Waals surface area contributed by atoms with Crippen molar-refractivity contribution in [2.24, 2.45) is 11.7 Å². The molecule has 0 aromatic carbocycles. The number of fused-ring (bicyclic) bond motifs is 1. The molecule has 1 aromatic rings. The van der Waals surface area contributed by atoms with Gasteiger partial charge < -0.3 is 10.3 Å². The average molecular weight is 207 g/mol. The lowest BCUT2D eigenvalue weighted by Gasteiger charge is -2.15. The van der Waals surface area contributed by atoms with Crippen LogP contribution in [0.2, 0.25) is 0 Å². The zero-order valence-corrected chi connectivity index (χ0v) is 9.07. The van der Waals surface area contributed by atoms with Crippen LogP contribution in [0, 0.1) is 5.92 Å². The minimum atomic E-state index is -0.242. The zero-order chi connectivity index (χ0) is 10.8. The summed E-state index contributed by atoms with van der Waals surface area (Å²) in [6.07, 6.45) is 6.46. The van der Waals surface area contributed by atoms with Crippen molar-refractivity contribution in [3.8, 4) is 0 Å². The van der Waals surface area contributed by atoms with Crippen molar-refractivity contribution in [2.75, 3.05) is 0 Å². The quantitative estimate of drug-likeness (QED) is 0.800. The van der Waals surface area contributed by atoms with Gasteiger partial charge in [-0.3, -0.25) is 4.79 Å². The Hall–Kier alpha value is -1.32. The Labute approximate surface area is 89.5 Å². The first-order valence-corrected chi connectivity index (χ1v) is 5.50. The lowest BCUT2D eigenvalue weighted by Crippen LogP contribution is -2.25. The van der Waals surface area contributed by atoms with Crippen molar-refractivity contribution >= 4 is 5.91 Å². The Morgan fingerprint density at radius 3 is 3.07 bits per heavy atom. The molecule has 4 nitrogen and oxygen atoms in total. The number of nitrogens with zero attached hydrogens (tertiary/aromatic N) is 2. The number of rotatable bonds is 3. The fourth-order valence-corrected chi connectivity index (χ4v) is 2.07. The molecule has 0 saturated carbocycles. The van der Waals surface area contributed by atoms with Gasteiger partial charge in [-0.25, -0.2) is 4.98 Å². The predicted octanol–water partition coefficient (Wildman–Crippen LogP) is 0.883.